The van der Waals surface area contributed by atoms with Gasteiger partial charge in [0.15, 0.2) is 0 Å². The van der Waals surface area contributed by atoms with E-state index in [1.54, 1.807) is 42.5 Å². The molecule has 1 heterocycles. The lowest BCUT2D eigenvalue weighted by atomic mass is 9.87. The van der Waals surface area contributed by atoms with Crippen LogP contribution in [-0.2, 0) is 0 Å². The molecule has 60 heavy (non-hydrogen) atoms. The first-order valence-corrected chi connectivity index (χ1v) is 19.4. The highest BCUT2D eigenvalue weighted by molar-refractivity contribution is 6.17. The summed E-state index contributed by atoms with van der Waals surface area (Å²) in [5, 5.41) is 44.9. The van der Waals surface area contributed by atoms with E-state index in [4.69, 9.17) is 15.9 Å². The highest BCUT2D eigenvalue weighted by Crippen LogP contribution is 2.39. The van der Waals surface area contributed by atoms with Crippen LogP contribution < -0.4 is 0 Å². The second kappa shape index (κ2) is 18.8. The van der Waals surface area contributed by atoms with Crippen LogP contribution in [0.1, 0.15) is 16.7 Å². The molecule has 0 unspecified atom stereocenters. The molecule has 288 valence electrons. The van der Waals surface area contributed by atoms with E-state index < -0.39 is 0 Å². The van der Waals surface area contributed by atoms with Crippen molar-refractivity contribution in [3.8, 4) is 55.9 Å². The minimum absolute atomic E-state index is 0.222. The Morgan fingerprint density at radius 3 is 1.42 bits per heavy atom. The predicted octanol–water partition coefficient (Wildman–Crippen LogP) is 13.0. The van der Waals surface area contributed by atoms with Gasteiger partial charge >= 0.3 is 0 Å². The average molecular weight is 775 g/mol. The number of rotatable bonds is 15. The van der Waals surface area contributed by atoms with Gasteiger partial charge in [-0.15, -0.1) is 10.2 Å². The van der Waals surface area contributed by atoms with E-state index in [1.807, 2.05) is 140 Å². The molecule has 0 amide bonds. The van der Waals surface area contributed by atoms with Crippen molar-refractivity contribution in [2.45, 2.75) is 0 Å². The van der Waals surface area contributed by atoms with Crippen molar-refractivity contribution in [2.24, 2.45) is 0 Å². The second-order valence-corrected chi connectivity index (χ2v) is 13.9. The van der Waals surface area contributed by atoms with Crippen LogP contribution in [0.25, 0.3) is 55.9 Å². The number of hydrogen-bond acceptors (Lipinski definition) is 6. The van der Waals surface area contributed by atoms with Gasteiger partial charge in [-0.05, 0) is 99.2 Å². The number of nitrogens with zero attached hydrogens (tertiary/aromatic N) is 2. The van der Waals surface area contributed by atoms with Crippen LogP contribution in [0.3, 0.4) is 0 Å². The fourth-order valence-corrected chi connectivity index (χ4v) is 6.95. The molecule has 0 aliphatic heterocycles. The largest absolute Gasteiger partial charge is 0.300 e. The lowest BCUT2D eigenvalue weighted by molar-refractivity contribution is 1.04. The van der Waals surface area contributed by atoms with Crippen molar-refractivity contribution < 1.29 is 0 Å². The summed E-state index contributed by atoms with van der Waals surface area (Å²) in [6.45, 7) is 7.56. The van der Waals surface area contributed by atoms with Crippen molar-refractivity contribution in [3.63, 3.8) is 0 Å². The Hall–Kier alpha value is -8.22. The Morgan fingerprint density at radius 1 is 0.417 bits per heavy atom. The number of allylic oxidation sites excluding steroid dienone is 8. The summed E-state index contributed by atoms with van der Waals surface area (Å²) >= 11 is 0. The molecule has 0 spiro atoms. The first-order chi connectivity index (χ1) is 29.3. The quantitative estimate of drug-likeness (QED) is 0.0612. The van der Waals surface area contributed by atoms with Crippen molar-refractivity contribution in [1.82, 2.24) is 10.2 Å². The number of benzene rings is 6. The van der Waals surface area contributed by atoms with Gasteiger partial charge in [0.25, 0.3) is 0 Å². The summed E-state index contributed by atoms with van der Waals surface area (Å²) in [5.74, 6) is 0. The standard InChI is InChI=1S/C54H42N6/c1-3-17-37(4-2)49(55)28-30-51(57)46-25-14-11-22-43(46)40-34-41(44-23-12-15-26-47(44)52(58)31-29-50(56)38-18-7-5-8-19-38)36-42(35-40)45-24-13-16-27-48(45)54-33-32-53(59-60-54)39-20-9-6-10-21-39/h3-36,55-58H,1-2H2/b30-28-,31-29-,37-17+,55-49?,56-50?,57-51?,58-52?. The molecule has 0 saturated heterocycles. The molecule has 7 aromatic rings. The Morgan fingerprint density at radius 2 is 0.867 bits per heavy atom. The van der Waals surface area contributed by atoms with Gasteiger partial charge in [0, 0.05) is 22.3 Å². The van der Waals surface area contributed by atoms with Crippen molar-refractivity contribution in [3.05, 3.63) is 242 Å². The van der Waals surface area contributed by atoms with Crippen molar-refractivity contribution >= 4 is 22.8 Å². The summed E-state index contributed by atoms with van der Waals surface area (Å²) in [6, 6.07) is 53.6. The van der Waals surface area contributed by atoms with Gasteiger partial charge in [0.05, 0.1) is 34.2 Å². The smallest absolute Gasteiger partial charge is 0.0936 e. The molecule has 4 N–H and O–H groups in total. The van der Waals surface area contributed by atoms with E-state index in [0.29, 0.717) is 22.4 Å². The topological polar surface area (TPSA) is 121 Å². The van der Waals surface area contributed by atoms with Crippen LogP contribution in [-0.4, -0.2) is 33.0 Å². The van der Waals surface area contributed by atoms with Crippen LogP contribution in [0.15, 0.2) is 225 Å². The van der Waals surface area contributed by atoms with E-state index >= 15 is 0 Å². The molecular weight excluding hydrogens is 733 g/mol. The van der Waals surface area contributed by atoms with E-state index in [9.17, 15) is 10.8 Å². The summed E-state index contributed by atoms with van der Waals surface area (Å²) in [5.41, 5.74) is 12.5. The van der Waals surface area contributed by atoms with E-state index in [1.165, 1.54) is 0 Å². The Balaban J connectivity index is 1.36. The zero-order chi connectivity index (χ0) is 41.8. The third-order valence-corrected chi connectivity index (χ3v) is 9.98. The summed E-state index contributed by atoms with van der Waals surface area (Å²) in [7, 11) is 0. The monoisotopic (exact) mass is 774 g/mol. The van der Waals surface area contributed by atoms with Crippen molar-refractivity contribution in [1.29, 1.82) is 21.6 Å². The van der Waals surface area contributed by atoms with Crippen LogP contribution >= 0.6 is 0 Å². The van der Waals surface area contributed by atoms with Crippen molar-refractivity contribution in [2.75, 3.05) is 0 Å². The van der Waals surface area contributed by atoms with Crippen LogP contribution in [0, 0.1) is 21.6 Å². The first-order valence-electron chi connectivity index (χ1n) is 19.4. The lowest BCUT2D eigenvalue weighted by Crippen LogP contribution is -2.02. The Labute approximate surface area is 351 Å². The third-order valence-electron chi connectivity index (χ3n) is 9.98. The maximum atomic E-state index is 9.21. The summed E-state index contributed by atoms with van der Waals surface area (Å²) in [4.78, 5) is 0. The van der Waals surface area contributed by atoms with Gasteiger partial charge < -0.3 is 21.6 Å². The SMILES string of the molecule is C=C/C=C(\C=C)C(=N)/C=C\C(=N)c1ccccc1-c1cc(-c2ccccc2C(=N)/C=C\C(=N)c2ccccc2)cc(-c2ccccc2-c2ccc(-c3ccccc3)nn2)c1. The van der Waals surface area contributed by atoms with E-state index in [2.05, 4.69) is 42.5 Å². The normalized spacial score (nSPS) is 11.4. The van der Waals surface area contributed by atoms with Gasteiger partial charge in [-0.1, -0.05) is 165 Å². The molecule has 1 aromatic heterocycles. The molecule has 0 aliphatic rings. The summed E-state index contributed by atoms with van der Waals surface area (Å²) in [6.07, 6.45) is 11.5. The zero-order valence-electron chi connectivity index (χ0n) is 32.9. The van der Waals surface area contributed by atoms with Crippen LogP contribution in [0.4, 0.5) is 0 Å². The zero-order valence-corrected chi connectivity index (χ0v) is 32.9. The minimum atomic E-state index is 0.222. The van der Waals surface area contributed by atoms with Gasteiger partial charge in [0.1, 0.15) is 0 Å². The van der Waals surface area contributed by atoms with Gasteiger partial charge in [-0.3, -0.25) is 0 Å². The third kappa shape index (κ3) is 9.15. The molecule has 6 heteroatoms. The molecule has 7 rings (SSSR count). The molecule has 0 aliphatic carbocycles. The van der Waals surface area contributed by atoms with Gasteiger partial charge in [-0.25, -0.2) is 0 Å². The van der Waals surface area contributed by atoms with Crippen LogP contribution in [0.2, 0.25) is 0 Å². The fraction of sp³-hybridized carbons (Fsp3) is 0. The van der Waals surface area contributed by atoms with Gasteiger partial charge in [-0.2, -0.15) is 0 Å². The highest BCUT2D eigenvalue weighted by atomic mass is 15.1. The number of nitrogens with one attached hydrogen (secondary N) is 4. The molecule has 0 fully saturated rings. The molecule has 0 saturated carbocycles. The fourth-order valence-electron chi connectivity index (χ4n) is 6.95. The van der Waals surface area contributed by atoms with E-state index in [-0.39, 0.29) is 17.1 Å². The summed E-state index contributed by atoms with van der Waals surface area (Å²) < 4.78 is 0. The minimum Gasteiger partial charge on any atom is -0.300 e. The maximum Gasteiger partial charge on any atom is 0.0936 e. The Kier molecular flexibility index (Phi) is 12.5. The first kappa shape index (κ1) is 40.0. The number of hydrogen-bond donors (Lipinski definition) is 4. The second-order valence-electron chi connectivity index (χ2n) is 13.9. The van der Waals surface area contributed by atoms with Crippen LogP contribution in [0.5, 0.6) is 0 Å². The molecule has 6 nitrogen and oxygen atoms in total. The maximum absolute atomic E-state index is 9.21. The number of aromatic nitrogens is 2. The molecule has 0 atom stereocenters. The average Bonchev–Trinajstić information content (AvgIpc) is 3.32. The predicted molar refractivity (Wildman–Crippen MR) is 251 cm³/mol. The van der Waals surface area contributed by atoms with Gasteiger partial charge in [0.2, 0.25) is 0 Å². The molecule has 0 radical (unpaired) electrons. The van der Waals surface area contributed by atoms with E-state index in [0.717, 1.165) is 61.5 Å². The molecule has 0 bridgehead atoms. The lowest BCUT2D eigenvalue weighted by Gasteiger charge is -2.17. The highest BCUT2D eigenvalue weighted by Gasteiger charge is 2.17. The Bertz CT molecular complexity index is 2840. The molecule has 6 aromatic carbocycles. The molecular formula is C54H42N6.